The van der Waals surface area contributed by atoms with Gasteiger partial charge in [-0.1, -0.05) is 37.3 Å². The largest absolute Gasteiger partial charge is 0.508 e. The van der Waals surface area contributed by atoms with E-state index in [1.165, 1.54) is 36.7 Å². The van der Waals surface area contributed by atoms with Gasteiger partial charge >= 0.3 is 11.9 Å². The van der Waals surface area contributed by atoms with E-state index in [0.717, 1.165) is 36.8 Å². The first-order chi connectivity index (χ1) is 16.3. The molecule has 1 spiro atoms. The molecule has 1 N–H and O–H groups in total. The molecule has 2 fully saturated rings. The lowest BCUT2D eigenvalue weighted by molar-refractivity contribution is -0.217. The molecular weight excluding hydrogens is 452 g/mol. The molecule has 4 rings (SSSR count). The summed E-state index contributed by atoms with van der Waals surface area (Å²) in [6.07, 6.45) is 3.73. The second-order valence-electron chi connectivity index (χ2n) is 9.18. The number of ether oxygens (including phenoxy) is 3. The van der Waals surface area contributed by atoms with E-state index in [4.69, 9.17) is 14.2 Å². The van der Waals surface area contributed by atoms with Gasteiger partial charge in [0.25, 0.3) is 0 Å². The molecule has 2 aromatic carbocycles. The molecular formula is C27H32O6S. The number of esters is 2. The Morgan fingerprint density at radius 1 is 1.06 bits per heavy atom. The zero-order valence-electron chi connectivity index (χ0n) is 20.1. The van der Waals surface area contributed by atoms with E-state index in [1.807, 2.05) is 18.4 Å². The Morgan fingerprint density at radius 3 is 2.29 bits per heavy atom. The minimum absolute atomic E-state index is 0.251. The van der Waals surface area contributed by atoms with Crippen LogP contribution >= 0.6 is 11.8 Å². The fraction of sp³-hybridized carbons (Fsp3) is 0.481. The number of carbonyl (C=O) groups excluding carboxylic acids is 2. The van der Waals surface area contributed by atoms with Crippen LogP contribution in [0.3, 0.4) is 0 Å². The maximum atomic E-state index is 12.0. The number of hydrogen-bond acceptors (Lipinski definition) is 7. The fourth-order valence-electron chi connectivity index (χ4n) is 5.08. The monoisotopic (exact) mass is 484 g/mol. The van der Waals surface area contributed by atoms with Crippen LogP contribution in [0, 0.1) is 5.41 Å². The van der Waals surface area contributed by atoms with Crippen molar-refractivity contribution < 1.29 is 28.9 Å². The summed E-state index contributed by atoms with van der Waals surface area (Å²) < 4.78 is 18.0. The van der Waals surface area contributed by atoms with E-state index >= 15 is 0 Å². The van der Waals surface area contributed by atoms with Crippen molar-refractivity contribution in [1.29, 1.82) is 0 Å². The van der Waals surface area contributed by atoms with Gasteiger partial charge in [-0.05, 0) is 66.3 Å². The molecule has 2 aliphatic rings. The second-order valence-corrected chi connectivity index (χ2v) is 10.1. The van der Waals surface area contributed by atoms with Gasteiger partial charge in [0.15, 0.2) is 12.2 Å². The first-order valence-corrected chi connectivity index (χ1v) is 13.0. The lowest BCUT2D eigenvalue weighted by atomic mass is 9.81. The van der Waals surface area contributed by atoms with Gasteiger partial charge in [-0.3, -0.25) is 9.59 Å². The van der Waals surface area contributed by atoms with Gasteiger partial charge in [0, 0.05) is 19.3 Å². The van der Waals surface area contributed by atoms with Gasteiger partial charge in [0.2, 0.25) is 0 Å². The molecule has 34 heavy (non-hydrogen) atoms. The molecule has 0 bridgehead atoms. The van der Waals surface area contributed by atoms with Crippen LogP contribution in [0.1, 0.15) is 62.0 Å². The van der Waals surface area contributed by atoms with Crippen molar-refractivity contribution in [2.45, 2.75) is 70.2 Å². The number of hydrogen-bond donors (Lipinski definition) is 1. The van der Waals surface area contributed by atoms with Crippen molar-refractivity contribution in [1.82, 2.24) is 0 Å². The molecule has 1 heterocycles. The Morgan fingerprint density at radius 2 is 1.74 bits per heavy atom. The number of benzene rings is 2. The first kappa shape index (κ1) is 24.6. The minimum Gasteiger partial charge on any atom is -0.508 e. The number of phenols is 1. The van der Waals surface area contributed by atoms with Gasteiger partial charge in [0.05, 0.1) is 6.10 Å². The number of aromatic hydroxyl groups is 1. The first-order valence-electron chi connectivity index (χ1n) is 11.7. The van der Waals surface area contributed by atoms with E-state index in [9.17, 15) is 14.7 Å². The summed E-state index contributed by atoms with van der Waals surface area (Å²) in [6.45, 7) is 4.90. The van der Waals surface area contributed by atoms with Gasteiger partial charge in [-0.2, -0.15) is 0 Å². The third-order valence-electron chi connectivity index (χ3n) is 6.83. The molecule has 7 heteroatoms. The van der Waals surface area contributed by atoms with Crippen molar-refractivity contribution in [2.24, 2.45) is 5.41 Å². The average Bonchev–Trinajstić information content (AvgIpc) is 3.59. The third-order valence-corrected chi connectivity index (χ3v) is 7.67. The summed E-state index contributed by atoms with van der Waals surface area (Å²) in [5.74, 6) is -0.549. The van der Waals surface area contributed by atoms with Gasteiger partial charge in [0.1, 0.15) is 11.2 Å². The molecule has 1 saturated heterocycles. The van der Waals surface area contributed by atoms with Gasteiger partial charge in [-0.25, -0.2) is 0 Å². The molecule has 2 aromatic rings. The van der Waals surface area contributed by atoms with Crippen molar-refractivity contribution in [2.75, 3.05) is 6.26 Å². The zero-order valence-corrected chi connectivity index (χ0v) is 20.9. The summed E-state index contributed by atoms with van der Waals surface area (Å²) in [5.41, 5.74) is 3.76. The Hall–Kier alpha value is -2.51. The van der Waals surface area contributed by atoms with E-state index in [-0.39, 0.29) is 17.8 Å². The van der Waals surface area contributed by atoms with Crippen LogP contribution in [-0.2, 0) is 36.6 Å². The van der Waals surface area contributed by atoms with Crippen LogP contribution in [0.2, 0.25) is 0 Å². The zero-order chi connectivity index (χ0) is 24.5. The van der Waals surface area contributed by atoms with Crippen LogP contribution in [0.5, 0.6) is 5.75 Å². The molecule has 6 nitrogen and oxygen atoms in total. The Kier molecular flexibility index (Phi) is 7.24. The van der Waals surface area contributed by atoms with Crippen molar-refractivity contribution >= 4 is 23.7 Å². The molecule has 1 aliphatic heterocycles. The quantitative estimate of drug-likeness (QED) is 0.557. The molecule has 0 unspecified atom stereocenters. The predicted octanol–water partition coefficient (Wildman–Crippen LogP) is 4.95. The Bertz CT molecular complexity index is 1050. The molecule has 0 radical (unpaired) electrons. The van der Waals surface area contributed by atoms with Gasteiger partial charge < -0.3 is 19.3 Å². The molecule has 0 amide bonds. The highest BCUT2D eigenvalue weighted by molar-refractivity contribution is 7.99. The van der Waals surface area contributed by atoms with Crippen LogP contribution in [-0.4, -0.2) is 40.9 Å². The fourth-order valence-corrected chi connectivity index (χ4v) is 5.77. The van der Waals surface area contributed by atoms with E-state index in [0.29, 0.717) is 0 Å². The highest BCUT2D eigenvalue weighted by Crippen LogP contribution is 2.64. The van der Waals surface area contributed by atoms with E-state index in [1.54, 1.807) is 12.1 Å². The average molecular weight is 485 g/mol. The number of phenolic OH excluding ortho intramolecular Hbond substituents is 1. The summed E-state index contributed by atoms with van der Waals surface area (Å²) in [4.78, 5) is 23.9. The summed E-state index contributed by atoms with van der Waals surface area (Å²) >= 11 is 1.46. The maximum Gasteiger partial charge on any atom is 0.303 e. The summed E-state index contributed by atoms with van der Waals surface area (Å²) in [6, 6.07) is 13.7. The summed E-state index contributed by atoms with van der Waals surface area (Å²) in [5, 5.41) is 9.63. The number of carbonyl (C=O) groups is 2. The van der Waals surface area contributed by atoms with Crippen molar-refractivity contribution in [3.8, 4) is 5.75 Å². The number of aryl methyl sites for hydroxylation is 1. The smallest absolute Gasteiger partial charge is 0.303 e. The lowest BCUT2D eigenvalue weighted by Crippen LogP contribution is -2.54. The topological polar surface area (TPSA) is 82.1 Å². The SMILES string of the molecule is CCc1ccc([C@@H]2O[C@H](SC)[C@@H](OC(C)=O)[C@H](OC(C)=O)C23CC3)cc1Cc1ccc(O)cc1. The standard InChI is InChI=1S/C27H32O6S/c1-5-19-8-9-20(15-21(19)14-18-6-10-22(30)11-7-18)24-27(12-13-27)25(32-17(3)29)23(31-16(2)28)26(33-24)34-4/h6-11,15,23-26,30H,5,12-14H2,1-4H3/t23-,24-,25-,26+/m0/s1. The lowest BCUT2D eigenvalue weighted by Gasteiger charge is -2.46. The number of thioether (sulfide) groups is 1. The van der Waals surface area contributed by atoms with E-state index < -0.39 is 29.0 Å². The van der Waals surface area contributed by atoms with Crippen molar-refractivity contribution in [3.05, 3.63) is 64.7 Å². The molecule has 182 valence electrons. The van der Waals surface area contributed by atoms with Crippen LogP contribution in [0.25, 0.3) is 0 Å². The van der Waals surface area contributed by atoms with Crippen LogP contribution < -0.4 is 0 Å². The number of rotatable bonds is 7. The minimum atomic E-state index is -0.651. The highest BCUT2D eigenvalue weighted by Gasteiger charge is 2.65. The van der Waals surface area contributed by atoms with Crippen LogP contribution in [0.15, 0.2) is 42.5 Å². The van der Waals surface area contributed by atoms with Crippen LogP contribution in [0.4, 0.5) is 0 Å². The Balaban J connectivity index is 1.70. The second kappa shape index (κ2) is 10.0. The van der Waals surface area contributed by atoms with E-state index in [2.05, 4.69) is 25.1 Å². The third kappa shape index (κ3) is 4.96. The maximum absolute atomic E-state index is 12.0. The van der Waals surface area contributed by atoms with Crippen molar-refractivity contribution in [3.63, 3.8) is 0 Å². The van der Waals surface area contributed by atoms with Gasteiger partial charge in [-0.15, -0.1) is 11.8 Å². The molecule has 4 atom stereocenters. The Labute approximate surface area is 205 Å². The molecule has 0 aromatic heterocycles. The highest BCUT2D eigenvalue weighted by atomic mass is 32.2. The molecule has 1 aliphatic carbocycles. The molecule has 1 saturated carbocycles. The summed E-state index contributed by atoms with van der Waals surface area (Å²) in [7, 11) is 0. The predicted molar refractivity (Wildman–Crippen MR) is 131 cm³/mol. The normalized spacial score (nSPS) is 25.1.